The van der Waals surface area contributed by atoms with Crippen molar-refractivity contribution in [2.75, 3.05) is 12.1 Å². The van der Waals surface area contributed by atoms with Gasteiger partial charge in [0, 0.05) is 11.0 Å². The first-order valence-electron chi connectivity index (χ1n) is 8.84. The molecule has 0 bridgehead atoms. The Hall–Kier alpha value is -2.80. The number of anilines is 1. The molecule has 2 aromatic rings. The van der Waals surface area contributed by atoms with Gasteiger partial charge < -0.3 is 20.5 Å². The minimum Gasteiger partial charge on any atom is -0.454 e. The van der Waals surface area contributed by atoms with E-state index in [4.69, 9.17) is 15.2 Å². The van der Waals surface area contributed by atoms with Crippen LogP contribution in [0, 0.1) is 5.92 Å². The number of amides is 2. The molecular formula is C20H20N2O4S. The highest BCUT2D eigenvalue weighted by atomic mass is 32.1. The van der Waals surface area contributed by atoms with E-state index < -0.39 is 5.91 Å². The minimum absolute atomic E-state index is 0.209. The Morgan fingerprint density at radius 3 is 2.93 bits per heavy atom. The highest BCUT2D eigenvalue weighted by molar-refractivity contribution is 7.17. The van der Waals surface area contributed by atoms with E-state index in [0.717, 1.165) is 35.3 Å². The van der Waals surface area contributed by atoms with Gasteiger partial charge in [-0.05, 0) is 54.5 Å². The van der Waals surface area contributed by atoms with Crippen molar-refractivity contribution in [1.82, 2.24) is 0 Å². The van der Waals surface area contributed by atoms with E-state index >= 15 is 0 Å². The van der Waals surface area contributed by atoms with Gasteiger partial charge in [0.05, 0.1) is 5.56 Å². The molecule has 0 spiro atoms. The van der Waals surface area contributed by atoms with Crippen molar-refractivity contribution in [3.63, 3.8) is 0 Å². The van der Waals surface area contributed by atoms with Crippen molar-refractivity contribution < 1.29 is 19.1 Å². The maximum atomic E-state index is 12.4. The summed E-state index contributed by atoms with van der Waals surface area (Å²) in [6.07, 6.45) is 5.90. The van der Waals surface area contributed by atoms with Crippen molar-refractivity contribution in [1.29, 1.82) is 0 Å². The third kappa shape index (κ3) is 3.55. The minimum atomic E-state index is -0.489. The van der Waals surface area contributed by atoms with Crippen molar-refractivity contribution in [2.24, 2.45) is 11.7 Å². The first-order chi connectivity index (χ1) is 13.0. The summed E-state index contributed by atoms with van der Waals surface area (Å²) in [5, 5.41) is 3.37. The van der Waals surface area contributed by atoms with Crippen LogP contribution in [0.3, 0.4) is 0 Å². The molecule has 2 amide bonds. The molecule has 27 heavy (non-hydrogen) atoms. The zero-order valence-corrected chi connectivity index (χ0v) is 15.7. The van der Waals surface area contributed by atoms with E-state index in [1.165, 1.54) is 17.4 Å². The van der Waals surface area contributed by atoms with Crippen LogP contribution in [0.4, 0.5) is 5.00 Å². The van der Waals surface area contributed by atoms with Gasteiger partial charge in [-0.2, -0.15) is 0 Å². The van der Waals surface area contributed by atoms with Gasteiger partial charge in [0.25, 0.3) is 5.91 Å². The summed E-state index contributed by atoms with van der Waals surface area (Å²) in [6, 6.07) is 5.46. The van der Waals surface area contributed by atoms with Crippen LogP contribution in [0.5, 0.6) is 11.5 Å². The monoisotopic (exact) mass is 384 g/mol. The van der Waals surface area contributed by atoms with Crippen molar-refractivity contribution in [2.45, 2.75) is 26.2 Å². The molecule has 3 N–H and O–H groups in total. The van der Waals surface area contributed by atoms with Crippen molar-refractivity contribution in [3.05, 3.63) is 45.8 Å². The van der Waals surface area contributed by atoms with Crippen LogP contribution in [0.2, 0.25) is 0 Å². The lowest BCUT2D eigenvalue weighted by Crippen LogP contribution is -2.18. The van der Waals surface area contributed by atoms with Crippen LogP contribution in [0.1, 0.15) is 39.7 Å². The molecule has 0 fully saturated rings. The van der Waals surface area contributed by atoms with Gasteiger partial charge in [0.2, 0.25) is 12.7 Å². The predicted molar refractivity (Wildman–Crippen MR) is 104 cm³/mol. The average Bonchev–Trinajstić information content (AvgIpc) is 3.22. The highest BCUT2D eigenvalue weighted by Crippen LogP contribution is 2.39. The molecule has 4 rings (SSSR count). The smallest absolute Gasteiger partial charge is 0.251 e. The van der Waals surface area contributed by atoms with Crippen LogP contribution < -0.4 is 20.5 Å². The van der Waals surface area contributed by atoms with E-state index in [-0.39, 0.29) is 12.7 Å². The third-order valence-electron chi connectivity index (χ3n) is 4.82. The molecule has 1 aromatic heterocycles. The van der Waals surface area contributed by atoms with Gasteiger partial charge in [-0.3, -0.25) is 9.59 Å². The van der Waals surface area contributed by atoms with E-state index in [1.54, 1.807) is 12.1 Å². The molecule has 2 aliphatic rings. The molecule has 1 atom stereocenters. The largest absolute Gasteiger partial charge is 0.454 e. The number of rotatable bonds is 4. The zero-order chi connectivity index (χ0) is 19.0. The number of carbonyl (C=O) groups excluding carboxylic acids is 2. The number of carbonyl (C=O) groups is 2. The van der Waals surface area contributed by atoms with E-state index in [2.05, 4.69) is 12.2 Å². The second-order valence-electron chi connectivity index (χ2n) is 6.86. The highest BCUT2D eigenvalue weighted by Gasteiger charge is 2.26. The number of nitrogens with one attached hydrogen (secondary N) is 1. The molecule has 0 unspecified atom stereocenters. The number of fused-ring (bicyclic) bond motifs is 2. The Kier molecular flexibility index (Phi) is 4.61. The van der Waals surface area contributed by atoms with Gasteiger partial charge in [-0.15, -0.1) is 11.3 Å². The number of ether oxygens (including phenoxy) is 2. The first-order valence-corrected chi connectivity index (χ1v) is 9.66. The molecule has 0 saturated carbocycles. The van der Waals surface area contributed by atoms with Crippen LogP contribution in [-0.2, 0) is 17.6 Å². The number of benzene rings is 1. The van der Waals surface area contributed by atoms with Gasteiger partial charge in [0.1, 0.15) is 5.00 Å². The third-order valence-corrected chi connectivity index (χ3v) is 5.99. The molecule has 0 saturated heterocycles. The second kappa shape index (κ2) is 7.08. The number of thiophene rings is 1. The molecule has 1 aliphatic heterocycles. The average molecular weight is 384 g/mol. The van der Waals surface area contributed by atoms with Crippen LogP contribution in [0.15, 0.2) is 24.3 Å². The van der Waals surface area contributed by atoms with Gasteiger partial charge in [0.15, 0.2) is 11.5 Å². The van der Waals surface area contributed by atoms with Gasteiger partial charge >= 0.3 is 0 Å². The van der Waals surface area contributed by atoms with Gasteiger partial charge in [-0.25, -0.2) is 0 Å². The lowest BCUT2D eigenvalue weighted by atomic mass is 9.88. The lowest BCUT2D eigenvalue weighted by molar-refractivity contribution is -0.111. The van der Waals surface area contributed by atoms with Crippen molar-refractivity contribution in [3.8, 4) is 11.5 Å². The number of nitrogens with two attached hydrogens (primary N) is 1. The Morgan fingerprint density at radius 1 is 1.30 bits per heavy atom. The molecular weight excluding hydrogens is 364 g/mol. The van der Waals surface area contributed by atoms with E-state index in [1.807, 2.05) is 12.1 Å². The number of hydrogen-bond acceptors (Lipinski definition) is 5. The summed E-state index contributed by atoms with van der Waals surface area (Å²) >= 11 is 1.46. The van der Waals surface area contributed by atoms with Gasteiger partial charge in [-0.1, -0.05) is 13.0 Å². The van der Waals surface area contributed by atoms with Crippen LogP contribution in [0.25, 0.3) is 6.08 Å². The SMILES string of the molecule is C[C@@H]1CCc2c(sc(NC(=O)/C=C/c3ccc4c(c3)OCO4)c2C(N)=O)C1. The maximum Gasteiger partial charge on any atom is 0.251 e. The summed E-state index contributed by atoms with van der Waals surface area (Å²) in [5.74, 6) is 1.14. The molecule has 1 aliphatic carbocycles. The summed E-state index contributed by atoms with van der Waals surface area (Å²) < 4.78 is 10.6. The summed E-state index contributed by atoms with van der Waals surface area (Å²) in [4.78, 5) is 25.5. The van der Waals surface area contributed by atoms with Crippen molar-refractivity contribution >= 4 is 34.2 Å². The predicted octanol–water partition coefficient (Wildman–Crippen LogP) is 3.35. The summed E-state index contributed by atoms with van der Waals surface area (Å²) in [6.45, 7) is 2.40. The number of primary amides is 1. The Bertz CT molecular complexity index is 948. The van der Waals surface area contributed by atoms with E-state index in [9.17, 15) is 9.59 Å². The summed E-state index contributed by atoms with van der Waals surface area (Å²) in [5.41, 5.74) is 7.87. The Balaban J connectivity index is 1.52. The molecule has 6 nitrogen and oxygen atoms in total. The van der Waals surface area contributed by atoms with Crippen LogP contribution >= 0.6 is 11.3 Å². The van der Waals surface area contributed by atoms with E-state index in [0.29, 0.717) is 28.0 Å². The molecule has 7 heteroatoms. The first kappa shape index (κ1) is 17.6. The normalized spacial score (nSPS) is 17.7. The molecule has 140 valence electrons. The maximum absolute atomic E-state index is 12.4. The second-order valence-corrected chi connectivity index (χ2v) is 7.96. The standard InChI is InChI=1S/C20H20N2O4S/c1-11-2-5-13-16(8-11)27-20(18(13)19(21)24)22-17(23)7-4-12-3-6-14-15(9-12)26-10-25-14/h3-4,6-7,9,11H,2,5,8,10H2,1H3,(H2,21,24)(H,22,23)/b7-4+/t11-/m1/s1. The zero-order valence-electron chi connectivity index (χ0n) is 14.9. The fourth-order valence-corrected chi connectivity index (χ4v) is 4.86. The molecule has 0 radical (unpaired) electrons. The fourth-order valence-electron chi connectivity index (χ4n) is 3.44. The Morgan fingerprint density at radius 2 is 2.11 bits per heavy atom. The Labute approximate surface area is 161 Å². The van der Waals surface area contributed by atoms with Crippen LogP contribution in [-0.4, -0.2) is 18.6 Å². The number of hydrogen-bond donors (Lipinski definition) is 2. The fraction of sp³-hybridized carbons (Fsp3) is 0.300. The lowest BCUT2D eigenvalue weighted by Gasteiger charge is -2.18. The topological polar surface area (TPSA) is 90.7 Å². The molecule has 2 heterocycles. The molecule has 1 aromatic carbocycles. The summed E-state index contributed by atoms with van der Waals surface area (Å²) in [7, 11) is 0. The quantitative estimate of drug-likeness (QED) is 0.791.